The number of rotatable bonds is 2. The Hall–Kier alpha value is -3.04. The summed E-state index contributed by atoms with van der Waals surface area (Å²) in [6.07, 6.45) is 0. The smallest absolute Gasteiger partial charge is 0.313 e. The van der Waals surface area contributed by atoms with E-state index in [-0.39, 0.29) is 11.3 Å². The summed E-state index contributed by atoms with van der Waals surface area (Å²) in [5, 5.41) is 12.0. The van der Waals surface area contributed by atoms with Gasteiger partial charge in [-0.25, -0.2) is 0 Å². The molecule has 0 aliphatic carbocycles. The third-order valence-corrected chi connectivity index (χ3v) is 4.47. The lowest BCUT2D eigenvalue weighted by Crippen LogP contribution is -2.51. The van der Waals surface area contributed by atoms with Gasteiger partial charge in [0.15, 0.2) is 0 Å². The van der Waals surface area contributed by atoms with Crippen LogP contribution in [0, 0.1) is 11.3 Å². The van der Waals surface area contributed by atoms with E-state index in [1.165, 1.54) is 17.0 Å². The molecule has 7 heteroatoms. The normalized spacial score (nSPS) is 13.8. The molecule has 0 unspecified atom stereocenters. The molecule has 1 saturated heterocycles. The third-order valence-electron chi connectivity index (χ3n) is 4.23. The molecule has 0 bridgehead atoms. The average molecular weight is 369 g/mol. The van der Waals surface area contributed by atoms with Crippen LogP contribution in [0.15, 0.2) is 48.5 Å². The second kappa shape index (κ2) is 7.89. The zero-order valence-corrected chi connectivity index (χ0v) is 14.7. The molecular weight excluding hydrogens is 352 g/mol. The van der Waals surface area contributed by atoms with Gasteiger partial charge in [-0.1, -0.05) is 29.8 Å². The van der Waals surface area contributed by atoms with E-state index < -0.39 is 11.8 Å². The number of benzene rings is 2. The van der Waals surface area contributed by atoms with Crippen LogP contribution in [0.1, 0.15) is 5.56 Å². The number of hydrogen-bond acceptors (Lipinski definition) is 4. The van der Waals surface area contributed by atoms with Crippen LogP contribution in [0.4, 0.5) is 11.4 Å². The van der Waals surface area contributed by atoms with Crippen LogP contribution in [0.25, 0.3) is 0 Å². The highest BCUT2D eigenvalue weighted by molar-refractivity contribution is 6.40. The fourth-order valence-corrected chi connectivity index (χ4v) is 3.02. The zero-order valence-electron chi connectivity index (χ0n) is 14.0. The van der Waals surface area contributed by atoms with Gasteiger partial charge in [-0.15, -0.1) is 0 Å². The minimum absolute atomic E-state index is 0.237. The SMILES string of the molecule is N#Cc1ccc(Cl)cc1NC(=O)C(=O)N1CCN(c2ccccc2)CC1. The van der Waals surface area contributed by atoms with Gasteiger partial charge >= 0.3 is 11.8 Å². The van der Waals surface area contributed by atoms with Crippen molar-refractivity contribution < 1.29 is 9.59 Å². The minimum atomic E-state index is -0.767. The molecule has 0 saturated carbocycles. The molecule has 0 radical (unpaired) electrons. The van der Waals surface area contributed by atoms with Gasteiger partial charge in [-0.3, -0.25) is 9.59 Å². The summed E-state index contributed by atoms with van der Waals surface area (Å²) in [4.78, 5) is 28.4. The summed E-state index contributed by atoms with van der Waals surface area (Å²) in [6, 6.07) is 16.4. The molecule has 26 heavy (non-hydrogen) atoms. The second-order valence-electron chi connectivity index (χ2n) is 5.87. The number of carbonyl (C=O) groups is 2. The van der Waals surface area contributed by atoms with Crippen LogP contribution >= 0.6 is 11.6 Å². The van der Waals surface area contributed by atoms with E-state index in [2.05, 4.69) is 10.2 Å². The summed E-state index contributed by atoms with van der Waals surface area (Å²) >= 11 is 5.90. The Balaban J connectivity index is 1.61. The van der Waals surface area contributed by atoms with Gasteiger partial charge in [0.1, 0.15) is 6.07 Å². The first-order valence-corrected chi connectivity index (χ1v) is 8.56. The molecule has 1 heterocycles. The van der Waals surface area contributed by atoms with Crippen LogP contribution in [0.5, 0.6) is 0 Å². The molecule has 132 valence electrons. The van der Waals surface area contributed by atoms with Gasteiger partial charge in [-0.05, 0) is 30.3 Å². The van der Waals surface area contributed by atoms with Crippen molar-refractivity contribution in [2.45, 2.75) is 0 Å². The van der Waals surface area contributed by atoms with Gasteiger partial charge in [0, 0.05) is 36.9 Å². The number of hydrogen-bond donors (Lipinski definition) is 1. The Labute approximate surface area is 156 Å². The molecule has 0 spiro atoms. The van der Waals surface area contributed by atoms with E-state index in [4.69, 9.17) is 16.9 Å². The van der Waals surface area contributed by atoms with Crippen molar-refractivity contribution >= 4 is 34.8 Å². The molecule has 6 nitrogen and oxygen atoms in total. The summed E-state index contributed by atoms with van der Waals surface area (Å²) in [6.45, 7) is 2.23. The van der Waals surface area contributed by atoms with Crippen LogP contribution in [0.3, 0.4) is 0 Å². The summed E-state index contributed by atoms with van der Waals surface area (Å²) in [5.41, 5.74) is 1.59. The lowest BCUT2D eigenvalue weighted by Gasteiger charge is -2.35. The molecule has 1 aliphatic rings. The van der Waals surface area contributed by atoms with E-state index in [1.54, 1.807) is 6.07 Å². The second-order valence-corrected chi connectivity index (χ2v) is 6.31. The molecule has 2 aromatic carbocycles. The standard InChI is InChI=1S/C19H17ClN4O2/c20-15-7-6-14(13-21)17(12-15)22-18(25)19(26)24-10-8-23(9-11-24)16-4-2-1-3-5-16/h1-7,12H,8-11H2,(H,22,25). The summed E-state index contributed by atoms with van der Waals surface area (Å²) in [5.74, 6) is -1.38. The third kappa shape index (κ3) is 3.95. The molecule has 3 rings (SSSR count). The van der Waals surface area contributed by atoms with Crippen molar-refractivity contribution in [2.75, 3.05) is 36.4 Å². The van der Waals surface area contributed by atoms with Gasteiger partial charge in [0.05, 0.1) is 11.3 Å². The number of nitriles is 1. The largest absolute Gasteiger partial charge is 0.368 e. The van der Waals surface area contributed by atoms with E-state index in [0.717, 1.165) is 5.69 Å². The number of para-hydroxylation sites is 1. The lowest BCUT2D eigenvalue weighted by molar-refractivity contribution is -0.143. The molecule has 1 N–H and O–H groups in total. The molecule has 2 aromatic rings. The maximum absolute atomic E-state index is 12.4. The van der Waals surface area contributed by atoms with Crippen molar-refractivity contribution in [3.8, 4) is 6.07 Å². The van der Waals surface area contributed by atoms with Crippen molar-refractivity contribution in [3.63, 3.8) is 0 Å². The molecule has 0 atom stereocenters. The summed E-state index contributed by atoms with van der Waals surface area (Å²) in [7, 11) is 0. The van der Waals surface area contributed by atoms with Gasteiger partial charge in [0.25, 0.3) is 0 Å². The topological polar surface area (TPSA) is 76.4 Å². The molecule has 0 aromatic heterocycles. The predicted octanol–water partition coefficient (Wildman–Crippen LogP) is 2.50. The van der Waals surface area contributed by atoms with Crippen molar-refractivity contribution in [2.24, 2.45) is 0 Å². The first-order chi connectivity index (χ1) is 12.6. The number of anilines is 2. The van der Waals surface area contributed by atoms with Gasteiger partial charge < -0.3 is 15.1 Å². The van der Waals surface area contributed by atoms with Crippen molar-refractivity contribution in [1.82, 2.24) is 4.90 Å². The molecule has 1 fully saturated rings. The quantitative estimate of drug-likeness (QED) is 0.826. The average Bonchev–Trinajstić information content (AvgIpc) is 2.68. The Bertz CT molecular complexity index is 856. The Morgan fingerprint density at radius 2 is 1.73 bits per heavy atom. The lowest BCUT2D eigenvalue weighted by atomic mass is 10.2. The highest BCUT2D eigenvalue weighted by atomic mass is 35.5. The van der Waals surface area contributed by atoms with Crippen LogP contribution in [-0.2, 0) is 9.59 Å². The number of halogens is 1. The van der Waals surface area contributed by atoms with E-state index in [9.17, 15) is 9.59 Å². The predicted molar refractivity (Wildman–Crippen MR) is 100 cm³/mol. The highest BCUT2D eigenvalue weighted by Crippen LogP contribution is 2.21. The summed E-state index contributed by atoms with van der Waals surface area (Å²) < 4.78 is 0. The first kappa shape index (κ1) is 17.8. The monoisotopic (exact) mass is 368 g/mol. The van der Waals surface area contributed by atoms with Crippen molar-refractivity contribution in [3.05, 3.63) is 59.1 Å². The van der Waals surface area contributed by atoms with E-state index >= 15 is 0 Å². The molecular formula is C19H17ClN4O2. The van der Waals surface area contributed by atoms with Gasteiger partial charge in [-0.2, -0.15) is 5.26 Å². The van der Waals surface area contributed by atoms with Crippen LogP contribution < -0.4 is 10.2 Å². The first-order valence-electron chi connectivity index (χ1n) is 8.18. The zero-order chi connectivity index (χ0) is 18.5. The Kier molecular flexibility index (Phi) is 5.40. The fourth-order valence-electron chi connectivity index (χ4n) is 2.84. The minimum Gasteiger partial charge on any atom is -0.368 e. The number of nitrogens with zero attached hydrogens (tertiary/aromatic N) is 3. The number of amides is 2. The molecule has 2 amide bonds. The Morgan fingerprint density at radius 1 is 1.04 bits per heavy atom. The van der Waals surface area contributed by atoms with Crippen molar-refractivity contribution in [1.29, 1.82) is 5.26 Å². The molecule has 1 aliphatic heterocycles. The maximum atomic E-state index is 12.4. The van der Waals surface area contributed by atoms with Crippen LogP contribution in [0.2, 0.25) is 5.02 Å². The maximum Gasteiger partial charge on any atom is 0.313 e. The highest BCUT2D eigenvalue weighted by Gasteiger charge is 2.26. The van der Waals surface area contributed by atoms with E-state index in [0.29, 0.717) is 31.2 Å². The van der Waals surface area contributed by atoms with Crippen LogP contribution in [-0.4, -0.2) is 42.9 Å². The Morgan fingerprint density at radius 3 is 2.38 bits per heavy atom. The number of nitrogens with one attached hydrogen (secondary N) is 1. The van der Waals surface area contributed by atoms with Gasteiger partial charge in [0.2, 0.25) is 0 Å². The number of carbonyl (C=O) groups excluding carboxylic acids is 2. The fraction of sp³-hybridized carbons (Fsp3) is 0.211. The van der Waals surface area contributed by atoms with E-state index in [1.807, 2.05) is 36.4 Å². The number of piperazine rings is 1.